The molecule has 0 spiro atoms. The molecule has 1 N–H and O–H groups in total. The van der Waals surface area contributed by atoms with E-state index in [1.54, 1.807) is 18.2 Å². The number of piperidine rings is 1. The molecule has 226 valence electrons. The SMILES string of the molecule is Cn1c(Cc2cc(CNC(=O)C3(C(F)(F)F)CC3)ccc2Cl)nc2cc(Cl)c(N3CCC(c4ccc(F)cc4)CC3)cc21. The minimum Gasteiger partial charge on any atom is -0.370 e. The summed E-state index contributed by atoms with van der Waals surface area (Å²) in [5, 5.41) is 3.56. The van der Waals surface area contributed by atoms with Gasteiger partial charge >= 0.3 is 6.18 Å². The number of aromatic nitrogens is 2. The fourth-order valence-corrected chi connectivity index (χ4v) is 6.46. The van der Waals surface area contributed by atoms with Crippen molar-refractivity contribution in [3.63, 3.8) is 0 Å². The highest BCUT2D eigenvalue weighted by Crippen LogP contribution is 2.57. The lowest BCUT2D eigenvalue weighted by Crippen LogP contribution is -2.40. The first-order chi connectivity index (χ1) is 20.4. The zero-order chi connectivity index (χ0) is 30.5. The van der Waals surface area contributed by atoms with Crippen molar-refractivity contribution in [2.24, 2.45) is 12.5 Å². The second-order valence-corrected chi connectivity index (χ2v) is 12.4. The fraction of sp³-hybridized carbons (Fsp3) is 0.375. The topological polar surface area (TPSA) is 50.2 Å². The summed E-state index contributed by atoms with van der Waals surface area (Å²) in [4.78, 5) is 19.4. The first kappa shape index (κ1) is 29.8. The zero-order valence-corrected chi connectivity index (χ0v) is 25.0. The van der Waals surface area contributed by atoms with Gasteiger partial charge in [-0.3, -0.25) is 4.79 Å². The summed E-state index contributed by atoms with van der Waals surface area (Å²) in [6, 6.07) is 15.8. The van der Waals surface area contributed by atoms with Gasteiger partial charge in [-0.15, -0.1) is 0 Å². The normalized spacial score (nSPS) is 17.0. The monoisotopic (exact) mass is 632 g/mol. The Bertz CT molecular complexity index is 1670. The highest BCUT2D eigenvalue weighted by molar-refractivity contribution is 6.34. The molecule has 1 aliphatic heterocycles. The lowest BCUT2D eigenvalue weighted by molar-refractivity contribution is -0.192. The number of imidazole rings is 1. The summed E-state index contributed by atoms with van der Waals surface area (Å²) >= 11 is 13.2. The maximum absolute atomic E-state index is 13.3. The maximum atomic E-state index is 13.3. The number of alkyl halides is 3. The molecule has 2 heterocycles. The van der Waals surface area contributed by atoms with Crippen LogP contribution >= 0.6 is 23.2 Å². The molecule has 4 aromatic rings. The van der Waals surface area contributed by atoms with Crippen molar-refractivity contribution in [1.82, 2.24) is 14.9 Å². The molecule has 1 aromatic heterocycles. The van der Waals surface area contributed by atoms with Crippen LogP contribution in [0.4, 0.5) is 23.2 Å². The average molecular weight is 634 g/mol. The van der Waals surface area contributed by atoms with Crippen LogP contribution in [0.5, 0.6) is 0 Å². The number of aryl methyl sites for hydroxylation is 1. The number of amides is 1. The lowest BCUT2D eigenvalue weighted by Gasteiger charge is -2.34. The molecular weight excluding hydrogens is 603 g/mol. The van der Waals surface area contributed by atoms with E-state index in [0.717, 1.165) is 59.6 Å². The fourth-order valence-electron chi connectivity index (χ4n) is 6.00. The second kappa shape index (κ2) is 11.3. The molecule has 0 unspecified atom stereocenters. The number of nitrogens with one attached hydrogen (secondary N) is 1. The Kier molecular flexibility index (Phi) is 7.84. The number of benzene rings is 3. The van der Waals surface area contributed by atoms with E-state index in [-0.39, 0.29) is 25.2 Å². The second-order valence-electron chi connectivity index (χ2n) is 11.6. The van der Waals surface area contributed by atoms with Gasteiger partial charge in [0.15, 0.2) is 0 Å². The van der Waals surface area contributed by atoms with Gasteiger partial charge in [-0.2, -0.15) is 13.2 Å². The first-order valence-corrected chi connectivity index (χ1v) is 15.0. The summed E-state index contributed by atoms with van der Waals surface area (Å²) in [7, 11) is 1.92. The van der Waals surface area contributed by atoms with Gasteiger partial charge in [0.05, 0.1) is 21.7 Å². The molecule has 1 saturated carbocycles. The standard InChI is InChI=1S/C32H30Cl2F4N4O/c1-41-28-17-27(42-12-8-21(9-13-42)20-3-5-23(35)6-4-20)25(34)16-26(28)40-29(41)15-22-14-19(2-7-24(22)33)18-39-30(43)31(10-11-31)32(36,37)38/h2-7,14,16-17,21H,8-13,15,18H2,1H3,(H,39,43). The van der Waals surface area contributed by atoms with E-state index in [0.29, 0.717) is 27.9 Å². The van der Waals surface area contributed by atoms with Crippen molar-refractivity contribution in [3.05, 3.63) is 93.0 Å². The van der Waals surface area contributed by atoms with Crippen LogP contribution in [0.25, 0.3) is 11.0 Å². The summed E-state index contributed by atoms with van der Waals surface area (Å²) in [5.41, 5.74) is 2.89. The Labute approximate surface area is 256 Å². The molecule has 1 amide bonds. The maximum Gasteiger partial charge on any atom is 0.403 e. The molecule has 6 rings (SSSR count). The number of nitrogens with zero attached hydrogens (tertiary/aromatic N) is 3. The van der Waals surface area contributed by atoms with Gasteiger partial charge in [-0.05, 0) is 78.6 Å². The van der Waals surface area contributed by atoms with Crippen LogP contribution < -0.4 is 10.2 Å². The Hall–Kier alpha value is -3.30. The van der Waals surface area contributed by atoms with Gasteiger partial charge in [0.25, 0.3) is 0 Å². The van der Waals surface area contributed by atoms with Crippen molar-refractivity contribution < 1.29 is 22.4 Å². The zero-order valence-electron chi connectivity index (χ0n) is 23.4. The molecule has 0 atom stereocenters. The molecule has 2 aliphatic rings. The molecule has 1 saturated heterocycles. The van der Waals surface area contributed by atoms with Crippen molar-refractivity contribution in [2.45, 2.75) is 50.7 Å². The number of carbonyl (C=O) groups is 1. The van der Waals surface area contributed by atoms with E-state index in [1.807, 2.05) is 35.9 Å². The van der Waals surface area contributed by atoms with E-state index < -0.39 is 17.5 Å². The van der Waals surface area contributed by atoms with Gasteiger partial charge in [0.1, 0.15) is 17.1 Å². The van der Waals surface area contributed by atoms with Gasteiger partial charge < -0.3 is 14.8 Å². The minimum absolute atomic E-state index is 0.0276. The van der Waals surface area contributed by atoms with Gasteiger partial charge in [0, 0.05) is 38.1 Å². The Morgan fingerprint density at radius 2 is 1.72 bits per heavy atom. The van der Waals surface area contributed by atoms with E-state index in [1.165, 1.54) is 12.1 Å². The minimum atomic E-state index is -4.55. The Balaban J connectivity index is 1.16. The number of carbonyl (C=O) groups excluding carboxylic acids is 1. The smallest absolute Gasteiger partial charge is 0.370 e. The van der Waals surface area contributed by atoms with Crippen LogP contribution in [0.1, 0.15) is 54.1 Å². The predicted molar refractivity (Wildman–Crippen MR) is 160 cm³/mol. The van der Waals surface area contributed by atoms with Crippen LogP contribution in [0.3, 0.4) is 0 Å². The van der Waals surface area contributed by atoms with Crippen molar-refractivity contribution in [1.29, 1.82) is 0 Å². The quantitative estimate of drug-likeness (QED) is 0.210. The molecule has 0 bridgehead atoms. The number of halogens is 6. The largest absolute Gasteiger partial charge is 0.403 e. The number of fused-ring (bicyclic) bond motifs is 1. The summed E-state index contributed by atoms with van der Waals surface area (Å²) in [5.74, 6) is -0.1000. The summed E-state index contributed by atoms with van der Waals surface area (Å²) in [6.07, 6.45) is -2.66. The first-order valence-electron chi connectivity index (χ1n) is 14.2. The summed E-state index contributed by atoms with van der Waals surface area (Å²) in [6.45, 7) is 1.61. The Morgan fingerprint density at radius 1 is 1.02 bits per heavy atom. The van der Waals surface area contributed by atoms with E-state index in [2.05, 4.69) is 10.2 Å². The predicted octanol–water partition coefficient (Wildman–Crippen LogP) is 7.95. The van der Waals surface area contributed by atoms with Crippen LogP contribution in [-0.4, -0.2) is 34.7 Å². The van der Waals surface area contributed by atoms with Crippen molar-refractivity contribution in [3.8, 4) is 0 Å². The lowest BCUT2D eigenvalue weighted by atomic mass is 9.89. The highest BCUT2D eigenvalue weighted by Gasteiger charge is 2.68. The van der Waals surface area contributed by atoms with E-state index in [9.17, 15) is 22.4 Å². The Morgan fingerprint density at radius 3 is 2.37 bits per heavy atom. The molecule has 1 aliphatic carbocycles. The van der Waals surface area contributed by atoms with Crippen LogP contribution in [-0.2, 0) is 24.8 Å². The highest BCUT2D eigenvalue weighted by atomic mass is 35.5. The van der Waals surface area contributed by atoms with Crippen molar-refractivity contribution >= 4 is 45.8 Å². The van der Waals surface area contributed by atoms with E-state index in [4.69, 9.17) is 28.2 Å². The molecule has 2 fully saturated rings. The average Bonchev–Trinajstić information content (AvgIpc) is 3.75. The number of anilines is 1. The third kappa shape index (κ3) is 5.81. The molecule has 5 nitrogen and oxygen atoms in total. The van der Waals surface area contributed by atoms with Crippen LogP contribution in [0.15, 0.2) is 54.6 Å². The number of rotatable bonds is 7. The molecule has 11 heteroatoms. The third-order valence-corrected chi connectivity index (χ3v) is 9.53. The number of hydrogen-bond acceptors (Lipinski definition) is 3. The van der Waals surface area contributed by atoms with E-state index >= 15 is 0 Å². The molecule has 3 aromatic carbocycles. The molecular formula is C32H30Cl2F4N4O. The van der Waals surface area contributed by atoms with Crippen molar-refractivity contribution in [2.75, 3.05) is 18.0 Å². The number of hydrogen-bond donors (Lipinski definition) is 1. The van der Waals surface area contributed by atoms with Gasteiger partial charge in [-0.25, -0.2) is 9.37 Å². The molecule has 43 heavy (non-hydrogen) atoms. The third-order valence-electron chi connectivity index (χ3n) is 8.86. The van der Waals surface area contributed by atoms with Crippen LogP contribution in [0.2, 0.25) is 10.0 Å². The van der Waals surface area contributed by atoms with Gasteiger partial charge in [-0.1, -0.05) is 47.5 Å². The summed E-state index contributed by atoms with van der Waals surface area (Å²) < 4.78 is 55.2. The van der Waals surface area contributed by atoms with Crippen LogP contribution in [0, 0.1) is 11.2 Å². The molecule has 0 radical (unpaired) electrons. The van der Waals surface area contributed by atoms with Gasteiger partial charge in [0.2, 0.25) is 5.91 Å².